The van der Waals surface area contributed by atoms with Gasteiger partial charge in [-0.1, -0.05) is 25.1 Å². The Labute approximate surface area is 150 Å². The molecule has 0 radical (unpaired) electrons. The van der Waals surface area contributed by atoms with Gasteiger partial charge in [0.15, 0.2) is 5.11 Å². The number of aromatic carboxylic acids is 1. The number of carboxylic acids is 1. The zero-order valence-corrected chi connectivity index (χ0v) is 14.4. The Kier molecular flexibility index (Phi) is 6.47. The summed E-state index contributed by atoms with van der Waals surface area (Å²) in [5.74, 6) is -0.894. The van der Waals surface area contributed by atoms with Crippen molar-refractivity contribution in [3.8, 4) is 5.75 Å². The summed E-state index contributed by atoms with van der Waals surface area (Å²) < 4.78 is 5.49. The van der Waals surface area contributed by atoms with Crippen LogP contribution in [0.15, 0.2) is 48.5 Å². The summed E-state index contributed by atoms with van der Waals surface area (Å²) in [4.78, 5) is 23.5. The third-order valence-electron chi connectivity index (χ3n) is 3.20. The number of anilines is 1. The summed E-state index contributed by atoms with van der Waals surface area (Å²) in [6, 6.07) is 13.1. The maximum atomic E-state index is 12.3. The van der Waals surface area contributed by atoms with Crippen LogP contribution in [0, 0.1) is 0 Å². The van der Waals surface area contributed by atoms with Crippen LogP contribution in [0.4, 0.5) is 5.69 Å². The number of para-hydroxylation sites is 1. The van der Waals surface area contributed by atoms with E-state index in [-0.39, 0.29) is 10.7 Å². The second-order valence-electron chi connectivity index (χ2n) is 5.14. The number of amides is 1. The van der Waals surface area contributed by atoms with E-state index in [1.165, 1.54) is 6.07 Å². The highest BCUT2D eigenvalue weighted by molar-refractivity contribution is 7.80. The molecule has 0 aromatic heterocycles. The van der Waals surface area contributed by atoms with Gasteiger partial charge in [-0.05, 0) is 49.0 Å². The Hall–Kier alpha value is -2.93. The molecule has 0 atom stereocenters. The maximum absolute atomic E-state index is 12.3. The second kappa shape index (κ2) is 8.79. The summed E-state index contributed by atoms with van der Waals surface area (Å²) >= 11 is 5.09. The SMILES string of the molecule is CCCOc1cccc(C(=O)NC(=S)Nc2ccccc2C(=O)O)c1. The average Bonchev–Trinajstić information content (AvgIpc) is 2.60. The average molecular weight is 358 g/mol. The number of nitrogens with one attached hydrogen (secondary N) is 2. The van der Waals surface area contributed by atoms with Crippen molar-refractivity contribution < 1.29 is 19.4 Å². The fourth-order valence-corrected chi connectivity index (χ4v) is 2.26. The van der Waals surface area contributed by atoms with E-state index < -0.39 is 11.9 Å². The van der Waals surface area contributed by atoms with Gasteiger partial charge in [0.05, 0.1) is 17.9 Å². The van der Waals surface area contributed by atoms with E-state index in [1.807, 2.05) is 6.92 Å². The third-order valence-corrected chi connectivity index (χ3v) is 3.41. The van der Waals surface area contributed by atoms with E-state index in [4.69, 9.17) is 22.1 Å². The molecule has 3 N–H and O–H groups in total. The summed E-state index contributed by atoms with van der Waals surface area (Å²) in [5.41, 5.74) is 0.763. The molecule has 0 spiro atoms. The molecule has 1 amide bonds. The highest BCUT2D eigenvalue weighted by Gasteiger charge is 2.13. The minimum Gasteiger partial charge on any atom is -0.494 e. The fraction of sp³-hybridized carbons (Fsp3) is 0.167. The lowest BCUT2D eigenvalue weighted by Gasteiger charge is -2.12. The number of ether oxygens (including phenoxy) is 1. The van der Waals surface area contributed by atoms with Crippen LogP contribution in [0.1, 0.15) is 34.1 Å². The highest BCUT2D eigenvalue weighted by atomic mass is 32.1. The monoisotopic (exact) mass is 358 g/mol. The number of benzene rings is 2. The van der Waals surface area contributed by atoms with Gasteiger partial charge < -0.3 is 15.2 Å². The van der Waals surface area contributed by atoms with Crippen molar-refractivity contribution >= 4 is 34.9 Å². The minimum absolute atomic E-state index is 0.0126. The van der Waals surface area contributed by atoms with Crippen molar-refractivity contribution in [3.05, 3.63) is 59.7 Å². The predicted octanol–water partition coefficient (Wildman–Crippen LogP) is 3.30. The molecular weight excluding hydrogens is 340 g/mol. The first-order valence-corrected chi connectivity index (χ1v) is 8.09. The first kappa shape index (κ1) is 18.4. The molecule has 0 unspecified atom stereocenters. The molecule has 0 bridgehead atoms. The third kappa shape index (κ3) is 5.29. The molecular formula is C18H18N2O4S. The van der Waals surface area contributed by atoms with Crippen LogP contribution in [0.25, 0.3) is 0 Å². The van der Waals surface area contributed by atoms with E-state index in [9.17, 15) is 9.59 Å². The summed E-state index contributed by atoms with van der Waals surface area (Å²) in [5, 5.41) is 14.4. The molecule has 0 aliphatic rings. The molecule has 2 rings (SSSR count). The van der Waals surface area contributed by atoms with Crippen LogP contribution in [0.2, 0.25) is 0 Å². The number of hydrogen-bond donors (Lipinski definition) is 3. The van der Waals surface area contributed by atoms with Crippen LogP contribution in [-0.4, -0.2) is 28.7 Å². The Balaban J connectivity index is 2.03. The summed E-state index contributed by atoms with van der Waals surface area (Å²) in [6.07, 6.45) is 0.868. The second-order valence-corrected chi connectivity index (χ2v) is 5.54. The van der Waals surface area contributed by atoms with Crippen molar-refractivity contribution in [3.63, 3.8) is 0 Å². The Morgan fingerprint density at radius 3 is 2.64 bits per heavy atom. The highest BCUT2D eigenvalue weighted by Crippen LogP contribution is 2.16. The van der Waals surface area contributed by atoms with Crippen LogP contribution in [0.3, 0.4) is 0 Å². The van der Waals surface area contributed by atoms with Gasteiger partial charge in [-0.3, -0.25) is 10.1 Å². The van der Waals surface area contributed by atoms with E-state index in [0.717, 1.165) is 6.42 Å². The maximum Gasteiger partial charge on any atom is 0.337 e. The van der Waals surface area contributed by atoms with Crippen molar-refractivity contribution in [2.45, 2.75) is 13.3 Å². The molecule has 0 saturated carbocycles. The van der Waals surface area contributed by atoms with Gasteiger partial charge in [0.1, 0.15) is 5.75 Å². The lowest BCUT2D eigenvalue weighted by molar-refractivity contribution is 0.0698. The molecule has 7 heteroatoms. The smallest absolute Gasteiger partial charge is 0.337 e. The molecule has 0 fully saturated rings. The van der Waals surface area contributed by atoms with Crippen LogP contribution < -0.4 is 15.4 Å². The standard InChI is InChI=1S/C18H18N2O4S/c1-2-10-24-13-7-5-6-12(11-13)16(21)20-18(25)19-15-9-4-3-8-14(15)17(22)23/h3-9,11H,2,10H2,1H3,(H,22,23)(H2,19,20,21,25). The Bertz CT molecular complexity index is 792. The van der Waals surface area contributed by atoms with Gasteiger partial charge >= 0.3 is 5.97 Å². The Morgan fingerprint density at radius 1 is 1.16 bits per heavy atom. The largest absolute Gasteiger partial charge is 0.494 e. The number of carboxylic acid groups (broad SMARTS) is 1. The lowest BCUT2D eigenvalue weighted by Crippen LogP contribution is -2.34. The summed E-state index contributed by atoms with van der Waals surface area (Å²) in [7, 11) is 0. The first-order valence-electron chi connectivity index (χ1n) is 7.68. The van der Waals surface area contributed by atoms with E-state index in [1.54, 1.807) is 42.5 Å². The molecule has 0 aliphatic carbocycles. The van der Waals surface area contributed by atoms with Crippen molar-refractivity contribution in [2.75, 3.05) is 11.9 Å². The molecule has 0 saturated heterocycles. The quantitative estimate of drug-likeness (QED) is 0.687. The number of thiocarbonyl (C=S) groups is 1. The van der Waals surface area contributed by atoms with Gasteiger partial charge in [-0.25, -0.2) is 4.79 Å². The van der Waals surface area contributed by atoms with Gasteiger partial charge in [-0.15, -0.1) is 0 Å². The summed E-state index contributed by atoms with van der Waals surface area (Å²) in [6.45, 7) is 2.56. The van der Waals surface area contributed by atoms with E-state index in [0.29, 0.717) is 23.6 Å². The molecule has 0 aliphatic heterocycles. The zero-order valence-electron chi connectivity index (χ0n) is 13.6. The molecule has 130 valence electrons. The van der Waals surface area contributed by atoms with Gasteiger partial charge in [0.2, 0.25) is 0 Å². The van der Waals surface area contributed by atoms with Crippen molar-refractivity contribution in [1.82, 2.24) is 5.32 Å². The normalized spacial score (nSPS) is 9.96. The van der Waals surface area contributed by atoms with Crippen LogP contribution in [0.5, 0.6) is 5.75 Å². The van der Waals surface area contributed by atoms with Crippen molar-refractivity contribution in [1.29, 1.82) is 0 Å². The number of carbonyl (C=O) groups excluding carboxylic acids is 1. The van der Waals surface area contributed by atoms with Gasteiger partial charge in [0.25, 0.3) is 5.91 Å². The molecule has 25 heavy (non-hydrogen) atoms. The van der Waals surface area contributed by atoms with Gasteiger partial charge in [-0.2, -0.15) is 0 Å². The van der Waals surface area contributed by atoms with Gasteiger partial charge in [0, 0.05) is 5.56 Å². The zero-order chi connectivity index (χ0) is 18.2. The van der Waals surface area contributed by atoms with Crippen LogP contribution in [-0.2, 0) is 0 Å². The topological polar surface area (TPSA) is 87.7 Å². The first-order chi connectivity index (χ1) is 12.0. The van der Waals surface area contributed by atoms with E-state index in [2.05, 4.69) is 10.6 Å². The molecule has 6 nitrogen and oxygen atoms in total. The molecule has 2 aromatic carbocycles. The molecule has 2 aromatic rings. The van der Waals surface area contributed by atoms with Crippen LogP contribution >= 0.6 is 12.2 Å². The predicted molar refractivity (Wildman–Crippen MR) is 99.3 cm³/mol. The number of hydrogen-bond acceptors (Lipinski definition) is 4. The number of carbonyl (C=O) groups is 2. The van der Waals surface area contributed by atoms with Crippen molar-refractivity contribution in [2.24, 2.45) is 0 Å². The number of rotatable bonds is 6. The Morgan fingerprint density at radius 2 is 1.92 bits per heavy atom. The molecule has 0 heterocycles. The minimum atomic E-state index is -1.09. The fourth-order valence-electron chi connectivity index (χ4n) is 2.05. The van der Waals surface area contributed by atoms with E-state index >= 15 is 0 Å². The lowest BCUT2D eigenvalue weighted by atomic mass is 10.2.